The number of nitrogens with zero attached hydrogens (tertiary/aromatic N) is 9. The molecule has 0 spiro atoms. The summed E-state index contributed by atoms with van der Waals surface area (Å²) in [6.45, 7) is 1.72. The maximum absolute atomic E-state index is 13.7. The van der Waals surface area contributed by atoms with Crippen LogP contribution in [0.4, 0.5) is 40.8 Å². The molecule has 1 saturated carbocycles. The molecule has 1 aliphatic carbocycles. The van der Waals surface area contributed by atoms with E-state index in [2.05, 4.69) is 48.6 Å². The Morgan fingerprint density at radius 3 is 2.00 bits per heavy atom. The lowest BCUT2D eigenvalue weighted by Gasteiger charge is -2.14. The molecule has 64 heavy (non-hydrogen) atoms. The number of aromatic amines is 1. The molecule has 1 fully saturated rings. The van der Waals surface area contributed by atoms with Gasteiger partial charge in [0, 0.05) is 82.9 Å². The second-order valence-corrected chi connectivity index (χ2v) is 15.6. The number of rotatable bonds is 14. The highest BCUT2D eigenvalue weighted by Crippen LogP contribution is 2.36. The van der Waals surface area contributed by atoms with E-state index in [1.807, 2.05) is 35.1 Å². The van der Waals surface area contributed by atoms with Gasteiger partial charge in [0.25, 0.3) is 18.2 Å². The highest BCUT2D eigenvalue weighted by molar-refractivity contribution is 5.95. The van der Waals surface area contributed by atoms with Gasteiger partial charge in [0.15, 0.2) is 11.6 Å². The highest BCUT2D eigenvalue weighted by Gasteiger charge is 2.40. The number of aryl methyl sites for hydroxylation is 3. The summed E-state index contributed by atoms with van der Waals surface area (Å²) in [5.74, 6) is -1.94. The topological polar surface area (TPSA) is 190 Å². The molecule has 4 aromatic carbocycles. The summed E-state index contributed by atoms with van der Waals surface area (Å²) in [4.78, 5) is 34.5. The lowest BCUT2D eigenvalue weighted by atomic mass is 10.0. The molecule has 1 atom stereocenters. The monoisotopic (exact) mass is 874 g/mol. The van der Waals surface area contributed by atoms with Crippen LogP contribution in [0.1, 0.15) is 58.0 Å². The molecule has 1 aliphatic rings. The Balaban J connectivity index is 0.926. The van der Waals surface area contributed by atoms with Gasteiger partial charge in [0.1, 0.15) is 0 Å². The van der Waals surface area contributed by atoms with E-state index in [0.717, 1.165) is 44.3 Å². The van der Waals surface area contributed by atoms with E-state index in [9.17, 15) is 27.2 Å². The lowest BCUT2D eigenvalue weighted by molar-refractivity contribution is 0.00709. The summed E-state index contributed by atoms with van der Waals surface area (Å²) in [6.07, 6.45) is 1.33. The number of hydrogen-bond acceptors (Lipinski definition) is 10. The van der Waals surface area contributed by atoms with Crippen LogP contribution < -0.4 is 21.3 Å². The SMILES string of the molecule is CCc1c(Nc2nc(-c3ccc(C(=O)NCC(F)F)cc3)nn2C)ccc2c1cnn2Cc1c(Nc2nc(-c3ccc(C(=O)NC4CCC(F)(F)C4)cc3)nn2C)ccc2[nH]ncc12. The van der Waals surface area contributed by atoms with E-state index in [4.69, 9.17) is 15.1 Å². The van der Waals surface area contributed by atoms with Crippen molar-refractivity contribution in [2.75, 3.05) is 17.2 Å². The Labute approximate surface area is 362 Å². The minimum absolute atomic E-state index is 0.228. The van der Waals surface area contributed by atoms with Gasteiger partial charge in [-0.2, -0.15) is 20.2 Å². The van der Waals surface area contributed by atoms with Crippen LogP contribution in [0.2, 0.25) is 0 Å². The normalized spacial score (nSPS) is 14.7. The van der Waals surface area contributed by atoms with Crippen molar-refractivity contribution >= 4 is 56.9 Å². The molecule has 20 heteroatoms. The van der Waals surface area contributed by atoms with E-state index < -0.39 is 36.7 Å². The molecule has 5 N–H and O–H groups in total. The minimum Gasteiger partial charge on any atom is -0.349 e. The number of fused-ring (bicyclic) bond motifs is 2. The van der Waals surface area contributed by atoms with Gasteiger partial charge in [0.2, 0.25) is 17.8 Å². The molecule has 1 unspecified atom stereocenters. The van der Waals surface area contributed by atoms with Gasteiger partial charge in [-0.3, -0.25) is 19.4 Å². The summed E-state index contributed by atoms with van der Waals surface area (Å²) in [5.41, 5.74) is 7.20. The summed E-state index contributed by atoms with van der Waals surface area (Å²) in [5, 5.41) is 35.0. The smallest absolute Gasteiger partial charge is 0.255 e. The first-order valence-corrected chi connectivity index (χ1v) is 20.6. The first-order valence-electron chi connectivity index (χ1n) is 20.6. The standard InChI is InChI=1S/C44H42F4N14O2/c1-4-29-31-21-51-62(36(31)16-15-33(29)53-42-55-38(58-60(42)2)24-5-9-26(10-6-24)40(63)49-22-37(45)46)23-32-30-20-50-57-35(30)14-13-34(32)54-43-56-39(59-61(43)3)25-7-11-27(12-8-25)41(64)52-28-17-18-44(47,48)19-28/h5-16,20-21,28,37H,4,17-19,22-23H2,1-3H3,(H,49,63)(H,50,57)(H,52,64)(H,53,55,58)(H,54,56,59). The molecular weight excluding hydrogens is 833 g/mol. The van der Waals surface area contributed by atoms with Crippen molar-refractivity contribution in [1.29, 1.82) is 0 Å². The fraction of sp³-hybridized carbons (Fsp3) is 0.273. The zero-order valence-electron chi connectivity index (χ0n) is 34.8. The average molecular weight is 875 g/mol. The maximum atomic E-state index is 13.7. The first-order chi connectivity index (χ1) is 30.8. The number of hydrogen-bond donors (Lipinski definition) is 5. The Kier molecular flexibility index (Phi) is 11.0. The van der Waals surface area contributed by atoms with Gasteiger partial charge in [0.05, 0.1) is 36.5 Å². The first kappa shape index (κ1) is 41.7. The molecular formula is C44H42F4N14O2. The van der Waals surface area contributed by atoms with E-state index >= 15 is 0 Å². The fourth-order valence-corrected chi connectivity index (χ4v) is 7.98. The van der Waals surface area contributed by atoms with Crippen molar-refractivity contribution in [2.24, 2.45) is 14.1 Å². The largest absolute Gasteiger partial charge is 0.349 e. The molecule has 4 aromatic heterocycles. The third-order valence-electron chi connectivity index (χ3n) is 11.3. The van der Waals surface area contributed by atoms with Crippen LogP contribution in [0.25, 0.3) is 44.6 Å². The van der Waals surface area contributed by atoms with Crippen molar-refractivity contribution in [3.05, 3.63) is 107 Å². The zero-order chi connectivity index (χ0) is 44.7. The van der Waals surface area contributed by atoms with Gasteiger partial charge < -0.3 is 21.3 Å². The summed E-state index contributed by atoms with van der Waals surface area (Å²) < 4.78 is 57.6. The average Bonchev–Trinajstić information content (AvgIpc) is 4.13. The number of benzene rings is 4. The third-order valence-corrected chi connectivity index (χ3v) is 11.3. The number of anilines is 4. The van der Waals surface area contributed by atoms with Crippen LogP contribution in [-0.4, -0.2) is 86.3 Å². The quantitative estimate of drug-likeness (QED) is 0.0684. The highest BCUT2D eigenvalue weighted by atomic mass is 19.3. The number of halogens is 4. The molecule has 328 valence electrons. The molecule has 16 nitrogen and oxygen atoms in total. The second-order valence-electron chi connectivity index (χ2n) is 15.6. The fourth-order valence-electron chi connectivity index (χ4n) is 7.98. The van der Waals surface area contributed by atoms with Crippen LogP contribution in [0, 0.1) is 0 Å². The zero-order valence-corrected chi connectivity index (χ0v) is 34.8. The van der Waals surface area contributed by atoms with Crippen LogP contribution in [0.5, 0.6) is 0 Å². The molecule has 0 radical (unpaired) electrons. The Hall–Kier alpha value is -7.64. The van der Waals surface area contributed by atoms with Crippen molar-refractivity contribution in [2.45, 2.75) is 57.5 Å². The summed E-state index contributed by atoms with van der Waals surface area (Å²) >= 11 is 0. The number of nitrogens with one attached hydrogen (secondary N) is 5. The molecule has 0 aliphatic heterocycles. The van der Waals surface area contributed by atoms with Gasteiger partial charge in [-0.05, 0) is 66.9 Å². The van der Waals surface area contributed by atoms with Gasteiger partial charge in [-0.25, -0.2) is 26.9 Å². The maximum Gasteiger partial charge on any atom is 0.255 e. The molecule has 4 heterocycles. The van der Waals surface area contributed by atoms with E-state index in [-0.39, 0.29) is 24.8 Å². The molecule has 9 rings (SSSR count). The number of aromatic nitrogens is 10. The van der Waals surface area contributed by atoms with Crippen LogP contribution in [-0.2, 0) is 27.1 Å². The molecule has 8 aromatic rings. The van der Waals surface area contributed by atoms with E-state index in [1.54, 1.807) is 78.2 Å². The number of carbonyl (C=O) groups is 2. The Morgan fingerprint density at radius 2 is 1.41 bits per heavy atom. The predicted molar refractivity (Wildman–Crippen MR) is 232 cm³/mol. The molecule has 2 amide bonds. The second kappa shape index (κ2) is 16.9. The van der Waals surface area contributed by atoms with Crippen molar-refractivity contribution in [3.8, 4) is 22.8 Å². The van der Waals surface area contributed by atoms with Crippen LogP contribution in [0.15, 0.2) is 85.2 Å². The number of alkyl halides is 4. The summed E-state index contributed by atoms with van der Waals surface area (Å²) in [6, 6.07) is 20.4. The Bertz CT molecular complexity index is 3010. The summed E-state index contributed by atoms with van der Waals surface area (Å²) in [7, 11) is 3.54. The minimum atomic E-state index is -2.75. The van der Waals surface area contributed by atoms with Crippen LogP contribution >= 0.6 is 0 Å². The van der Waals surface area contributed by atoms with Crippen molar-refractivity contribution in [3.63, 3.8) is 0 Å². The van der Waals surface area contributed by atoms with E-state index in [0.29, 0.717) is 53.2 Å². The van der Waals surface area contributed by atoms with E-state index in [1.165, 1.54) is 0 Å². The molecule has 0 saturated heterocycles. The lowest BCUT2D eigenvalue weighted by Crippen LogP contribution is -2.33. The number of H-pyrrole nitrogens is 1. The molecule has 0 bridgehead atoms. The van der Waals surface area contributed by atoms with Crippen LogP contribution in [0.3, 0.4) is 0 Å². The van der Waals surface area contributed by atoms with Crippen molar-refractivity contribution < 1.29 is 27.2 Å². The third kappa shape index (κ3) is 8.45. The van der Waals surface area contributed by atoms with Gasteiger partial charge >= 0.3 is 0 Å². The predicted octanol–water partition coefficient (Wildman–Crippen LogP) is 7.51. The number of carbonyl (C=O) groups excluding carboxylic acids is 2. The Morgan fingerprint density at radius 1 is 0.797 bits per heavy atom. The van der Waals surface area contributed by atoms with Crippen molar-refractivity contribution in [1.82, 2.24) is 60.1 Å². The number of amides is 2. The van der Waals surface area contributed by atoms with Gasteiger partial charge in [-0.1, -0.05) is 31.2 Å². The van der Waals surface area contributed by atoms with Gasteiger partial charge in [-0.15, -0.1) is 10.2 Å².